The molecule has 7 nitrogen and oxygen atoms in total. The Morgan fingerprint density at radius 3 is 2.71 bits per heavy atom. The Bertz CT molecular complexity index is 1190. The van der Waals surface area contributed by atoms with Crippen molar-refractivity contribution in [3.8, 4) is 27.6 Å². The van der Waals surface area contributed by atoms with Crippen LogP contribution in [0.3, 0.4) is 0 Å². The minimum absolute atomic E-state index is 0.000224. The molecule has 1 amide bonds. The van der Waals surface area contributed by atoms with Gasteiger partial charge in [0.25, 0.3) is 5.91 Å². The molecule has 0 unspecified atom stereocenters. The van der Waals surface area contributed by atoms with Gasteiger partial charge in [-0.1, -0.05) is 26.8 Å². The molecule has 0 atom stereocenters. The number of hydrogen-bond donors (Lipinski definition) is 1. The zero-order valence-corrected chi connectivity index (χ0v) is 21.1. The lowest BCUT2D eigenvalue weighted by Gasteiger charge is -2.32. The van der Waals surface area contributed by atoms with Crippen LogP contribution < -0.4 is 15.0 Å². The summed E-state index contributed by atoms with van der Waals surface area (Å²) >= 11 is 1.65. The van der Waals surface area contributed by atoms with Crippen molar-refractivity contribution in [1.29, 1.82) is 0 Å². The molecule has 3 aromatic rings. The summed E-state index contributed by atoms with van der Waals surface area (Å²) in [6.07, 6.45) is 0.821. The highest BCUT2D eigenvalue weighted by Crippen LogP contribution is 2.44. The second-order valence-electron chi connectivity index (χ2n) is 10.0. The molecule has 4 heterocycles. The van der Waals surface area contributed by atoms with Crippen molar-refractivity contribution in [3.63, 3.8) is 0 Å². The van der Waals surface area contributed by atoms with E-state index in [1.807, 2.05) is 6.07 Å². The SMILES string of the molecule is COc1cc2c(cc1N1CCOCC1)-c1c(-c3cccs3)nc(C(=O)NCC(C)(C)C)n1CC2. The Morgan fingerprint density at radius 1 is 1.24 bits per heavy atom. The van der Waals surface area contributed by atoms with Gasteiger partial charge in [-0.15, -0.1) is 11.3 Å². The molecule has 1 N–H and O–H groups in total. The molecule has 0 bridgehead atoms. The Morgan fingerprint density at radius 2 is 2.03 bits per heavy atom. The standard InChI is InChI=1S/C26H32N4O3S/c1-26(2,3)16-27-25(31)24-28-22(21-6-5-13-34-21)23-18-15-19(29-9-11-33-12-10-29)20(32-4)14-17(18)7-8-30(23)24/h5-6,13-15H,7-12,16H2,1-4H3,(H,27,31). The second kappa shape index (κ2) is 9.07. The van der Waals surface area contributed by atoms with Gasteiger partial charge < -0.3 is 24.3 Å². The maximum Gasteiger partial charge on any atom is 0.287 e. The van der Waals surface area contributed by atoms with E-state index in [1.54, 1.807) is 18.4 Å². The van der Waals surface area contributed by atoms with Crippen molar-refractivity contribution in [2.75, 3.05) is 44.9 Å². The molecular weight excluding hydrogens is 448 g/mol. The molecule has 34 heavy (non-hydrogen) atoms. The van der Waals surface area contributed by atoms with Gasteiger partial charge in [-0.2, -0.15) is 0 Å². The zero-order valence-electron chi connectivity index (χ0n) is 20.3. The van der Waals surface area contributed by atoms with E-state index in [1.165, 1.54) is 5.56 Å². The number of carbonyl (C=O) groups is 1. The van der Waals surface area contributed by atoms with Gasteiger partial charge in [0.15, 0.2) is 5.82 Å². The average Bonchev–Trinajstić information content (AvgIpc) is 3.50. The number of carbonyl (C=O) groups excluding carboxylic acids is 1. The Balaban J connectivity index is 1.64. The fourth-order valence-corrected chi connectivity index (χ4v) is 5.33. The van der Waals surface area contributed by atoms with E-state index in [-0.39, 0.29) is 11.3 Å². The van der Waals surface area contributed by atoms with E-state index in [9.17, 15) is 4.79 Å². The van der Waals surface area contributed by atoms with E-state index in [4.69, 9.17) is 14.5 Å². The first-order valence-corrected chi connectivity index (χ1v) is 12.7. The van der Waals surface area contributed by atoms with E-state index in [0.29, 0.717) is 32.1 Å². The van der Waals surface area contributed by atoms with E-state index < -0.39 is 0 Å². The first kappa shape index (κ1) is 22.9. The molecule has 8 heteroatoms. The number of amides is 1. The maximum atomic E-state index is 13.2. The number of morpholine rings is 1. The number of hydrogen-bond acceptors (Lipinski definition) is 6. The van der Waals surface area contributed by atoms with Gasteiger partial charge in [0.1, 0.15) is 11.4 Å². The molecule has 5 rings (SSSR count). The first-order chi connectivity index (χ1) is 16.4. The molecule has 0 saturated carbocycles. The van der Waals surface area contributed by atoms with E-state index >= 15 is 0 Å². The van der Waals surface area contributed by atoms with Crippen LogP contribution in [-0.4, -0.2) is 55.4 Å². The number of aryl methyl sites for hydroxylation is 1. The third-order valence-corrected chi connectivity index (χ3v) is 7.20. The highest BCUT2D eigenvalue weighted by Gasteiger charge is 2.31. The van der Waals surface area contributed by atoms with Gasteiger partial charge in [-0.25, -0.2) is 4.98 Å². The number of thiophene rings is 1. The summed E-state index contributed by atoms with van der Waals surface area (Å²) < 4.78 is 13.5. The van der Waals surface area contributed by atoms with Gasteiger partial charge in [0.05, 0.1) is 36.6 Å². The van der Waals surface area contributed by atoms with Crippen LogP contribution in [0.4, 0.5) is 5.69 Å². The molecule has 2 aliphatic rings. The number of rotatable bonds is 5. The summed E-state index contributed by atoms with van der Waals surface area (Å²) in [5.74, 6) is 1.25. The van der Waals surface area contributed by atoms with Crippen molar-refractivity contribution in [3.05, 3.63) is 41.0 Å². The highest BCUT2D eigenvalue weighted by atomic mass is 32.1. The van der Waals surface area contributed by atoms with Crippen LogP contribution in [0, 0.1) is 5.41 Å². The molecular formula is C26H32N4O3S. The fraction of sp³-hybridized carbons (Fsp3) is 0.462. The normalized spacial score (nSPS) is 15.6. The van der Waals surface area contributed by atoms with Gasteiger partial charge in [0, 0.05) is 31.7 Å². The number of fused-ring (bicyclic) bond motifs is 3. The minimum Gasteiger partial charge on any atom is -0.495 e. The molecule has 0 spiro atoms. The molecule has 1 aromatic carbocycles. The predicted molar refractivity (Wildman–Crippen MR) is 136 cm³/mol. The minimum atomic E-state index is -0.121. The third-order valence-electron chi connectivity index (χ3n) is 6.32. The number of aromatic nitrogens is 2. The molecule has 2 aliphatic heterocycles. The largest absolute Gasteiger partial charge is 0.495 e. The van der Waals surface area contributed by atoms with Crippen molar-refractivity contribution >= 4 is 22.9 Å². The van der Waals surface area contributed by atoms with Gasteiger partial charge >= 0.3 is 0 Å². The molecule has 1 fully saturated rings. The lowest BCUT2D eigenvalue weighted by atomic mass is 9.95. The maximum absolute atomic E-state index is 13.2. The number of methoxy groups -OCH3 is 1. The Hall–Kier alpha value is -2.84. The molecule has 0 radical (unpaired) electrons. The van der Waals surface area contributed by atoms with Gasteiger partial charge in [0.2, 0.25) is 0 Å². The van der Waals surface area contributed by atoms with E-state index in [2.05, 4.69) is 59.1 Å². The summed E-state index contributed by atoms with van der Waals surface area (Å²) in [6.45, 7) is 10.7. The summed E-state index contributed by atoms with van der Waals surface area (Å²) in [5.41, 5.74) is 5.30. The van der Waals surface area contributed by atoms with Crippen LogP contribution in [0.25, 0.3) is 21.8 Å². The molecule has 0 aliphatic carbocycles. The fourth-order valence-electron chi connectivity index (χ4n) is 4.61. The van der Waals surface area contributed by atoms with Crippen LogP contribution in [-0.2, 0) is 17.7 Å². The summed E-state index contributed by atoms with van der Waals surface area (Å²) in [7, 11) is 1.73. The van der Waals surface area contributed by atoms with Crippen LogP contribution in [0.5, 0.6) is 5.75 Å². The topological polar surface area (TPSA) is 68.6 Å². The number of anilines is 1. The number of ether oxygens (including phenoxy) is 2. The van der Waals surface area contributed by atoms with E-state index in [0.717, 1.165) is 52.8 Å². The van der Waals surface area contributed by atoms with Gasteiger partial charge in [-0.05, 0) is 41.0 Å². The highest BCUT2D eigenvalue weighted by molar-refractivity contribution is 7.13. The Labute approximate surface area is 204 Å². The quantitative estimate of drug-likeness (QED) is 0.584. The molecule has 2 aromatic heterocycles. The van der Waals surface area contributed by atoms with Crippen molar-refractivity contribution in [2.24, 2.45) is 5.41 Å². The third kappa shape index (κ3) is 4.32. The monoisotopic (exact) mass is 480 g/mol. The smallest absolute Gasteiger partial charge is 0.287 e. The predicted octanol–water partition coefficient (Wildman–Crippen LogP) is 4.46. The van der Waals surface area contributed by atoms with Crippen molar-refractivity contribution < 1.29 is 14.3 Å². The molecule has 1 saturated heterocycles. The van der Waals surface area contributed by atoms with Crippen LogP contribution in [0.15, 0.2) is 29.6 Å². The average molecular weight is 481 g/mol. The number of benzene rings is 1. The van der Waals surface area contributed by atoms with Gasteiger partial charge in [-0.3, -0.25) is 4.79 Å². The Kier molecular flexibility index (Phi) is 6.12. The molecule has 180 valence electrons. The number of imidazole rings is 1. The summed E-state index contributed by atoms with van der Waals surface area (Å²) in [4.78, 5) is 21.5. The van der Waals surface area contributed by atoms with Crippen molar-refractivity contribution in [1.82, 2.24) is 14.9 Å². The lowest BCUT2D eigenvalue weighted by Crippen LogP contribution is -2.36. The number of nitrogens with one attached hydrogen (secondary N) is 1. The summed E-state index contributed by atoms with van der Waals surface area (Å²) in [6, 6.07) is 8.49. The van der Waals surface area contributed by atoms with Crippen LogP contribution in [0.2, 0.25) is 0 Å². The lowest BCUT2D eigenvalue weighted by molar-refractivity contribution is 0.0924. The zero-order chi connectivity index (χ0) is 23.9. The first-order valence-electron chi connectivity index (χ1n) is 11.8. The second-order valence-corrected chi connectivity index (χ2v) is 11.0. The summed E-state index contributed by atoms with van der Waals surface area (Å²) in [5, 5.41) is 5.14. The van der Waals surface area contributed by atoms with Crippen LogP contribution >= 0.6 is 11.3 Å². The van der Waals surface area contributed by atoms with Crippen molar-refractivity contribution in [2.45, 2.75) is 33.7 Å². The van der Waals surface area contributed by atoms with Crippen LogP contribution in [0.1, 0.15) is 37.0 Å². The number of nitrogens with zero attached hydrogens (tertiary/aromatic N) is 3.